The maximum absolute atomic E-state index is 14.5. The minimum Gasteiger partial charge on any atom is -0.426 e. The standard InChI is InChI=1S/C23H14F2N4O2/c24-18-7-6-16(27-22(30)20-8-9-21(25)31-20)10-17(18)19-13-29-12-15(11-26-23(29)28-19)14-4-2-1-3-5-14/h1-13H,(H,27,30). The number of carbonyl (C=O) groups is 1. The molecule has 8 heteroatoms. The van der Waals surface area contributed by atoms with Crippen LogP contribution in [0, 0.1) is 11.8 Å². The number of hydrogen-bond acceptors (Lipinski definition) is 4. The summed E-state index contributed by atoms with van der Waals surface area (Å²) in [5.41, 5.74) is 2.75. The van der Waals surface area contributed by atoms with E-state index < -0.39 is 17.7 Å². The van der Waals surface area contributed by atoms with Gasteiger partial charge in [-0.3, -0.25) is 9.20 Å². The molecule has 0 aliphatic rings. The Kier molecular flexibility index (Phi) is 4.51. The summed E-state index contributed by atoms with van der Waals surface area (Å²) in [5.74, 6) is -0.928. The molecule has 152 valence electrons. The summed E-state index contributed by atoms with van der Waals surface area (Å²) >= 11 is 0. The second-order valence-electron chi connectivity index (χ2n) is 6.79. The molecule has 5 rings (SSSR count). The Hall–Kier alpha value is -4.33. The molecule has 0 aliphatic heterocycles. The summed E-state index contributed by atoms with van der Waals surface area (Å²) in [5, 5.41) is 2.56. The predicted octanol–water partition coefficient (Wildman–Crippen LogP) is 5.19. The predicted molar refractivity (Wildman–Crippen MR) is 110 cm³/mol. The Bertz CT molecular complexity index is 1410. The van der Waals surface area contributed by atoms with Gasteiger partial charge in [0.15, 0.2) is 5.76 Å². The summed E-state index contributed by atoms with van der Waals surface area (Å²) in [7, 11) is 0. The van der Waals surface area contributed by atoms with Crippen molar-refractivity contribution in [3.8, 4) is 22.4 Å². The number of hydrogen-bond donors (Lipinski definition) is 1. The fraction of sp³-hybridized carbons (Fsp3) is 0. The van der Waals surface area contributed by atoms with E-state index in [1.165, 1.54) is 24.3 Å². The Balaban J connectivity index is 1.48. The first-order valence-electron chi connectivity index (χ1n) is 9.33. The Morgan fingerprint density at radius 1 is 0.968 bits per heavy atom. The van der Waals surface area contributed by atoms with Crippen LogP contribution in [0.4, 0.5) is 14.5 Å². The third-order valence-electron chi connectivity index (χ3n) is 4.71. The highest BCUT2D eigenvalue weighted by molar-refractivity contribution is 6.02. The zero-order valence-electron chi connectivity index (χ0n) is 15.9. The van der Waals surface area contributed by atoms with Gasteiger partial charge in [-0.1, -0.05) is 30.3 Å². The normalized spacial score (nSPS) is 11.0. The molecule has 0 fully saturated rings. The third kappa shape index (κ3) is 3.66. The Morgan fingerprint density at radius 2 is 1.81 bits per heavy atom. The van der Waals surface area contributed by atoms with Crippen LogP contribution in [-0.2, 0) is 0 Å². The molecule has 1 N–H and O–H groups in total. The molecule has 0 saturated heterocycles. The maximum atomic E-state index is 14.5. The van der Waals surface area contributed by atoms with Crippen molar-refractivity contribution in [2.24, 2.45) is 0 Å². The number of anilines is 1. The van der Waals surface area contributed by atoms with E-state index in [1.807, 2.05) is 36.5 Å². The second kappa shape index (κ2) is 7.49. The van der Waals surface area contributed by atoms with E-state index in [0.29, 0.717) is 17.2 Å². The molecular formula is C23H14F2N4O2. The smallest absolute Gasteiger partial charge is 0.291 e. The molecule has 0 aliphatic carbocycles. The van der Waals surface area contributed by atoms with E-state index in [-0.39, 0.29) is 11.3 Å². The first kappa shape index (κ1) is 18.7. The average Bonchev–Trinajstić information content (AvgIpc) is 3.41. The number of benzene rings is 2. The van der Waals surface area contributed by atoms with E-state index in [0.717, 1.165) is 17.2 Å². The van der Waals surface area contributed by atoms with E-state index in [2.05, 4.69) is 19.7 Å². The van der Waals surface area contributed by atoms with Crippen LogP contribution < -0.4 is 5.32 Å². The average molecular weight is 416 g/mol. The number of furan rings is 1. The van der Waals surface area contributed by atoms with Gasteiger partial charge in [0.25, 0.3) is 11.9 Å². The first-order chi connectivity index (χ1) is 15.1. The minimum absolute atomic E-state index is 0.186. The van der Waals surface area contributed by atoms with Gasteiger partial charge < -0.3 is 9.73 Å². The van der Waals surface area contributed by atoms with Gasteiger partial charge in [-0.25, -0.2) is 14.4 Å². The summed E-state index contributed by atoms with van der Waals surface area (Å²) in [6.07, 6.45) is 5.24. The van der Waals surface area contributed by atoms with Crippen LogP contribution in [0.1, 0.15) is 10.6 Å². The molecule has 31 heavy (non-hydrogen) atoms. The molecule has 0 spiro atoms. The summed E-state index contributed by atoms with van der Waals surface area (Å²) in [6.45, 7) is 0. The second-order valence-corrected chi connectivity index (χ2v) is 6.79. The molecule has 0 unspecified atom stereocenters. The lowest BCUT2D eigenvalue weighted by Crippen LogP contribution is -2.11. The number of halogens is 2. The SMILES string of the molecule is O=C(Nc1ccc(F)c(-c2cn3cc(-c4ccccc4)cnc3n2)c1)c1ccc(F)o1. The lowest BCUT2D eigenvalue weighted by atomic mass is 10.1. The number of amides is 1. The molecule has 5 aromatic rings. The Morgan fingerprint density at radius 3 is 2.58 bits per heavy atom. The van der Waals surface area contributed by atoms with E-state index in [1.54, 1.807) is 16.8 Å². The van der Waals surface area contributed by atoms with Crippen molar-refractivity contribution in [2.75, 3.05) is 5.32 Å². The van der Waals surface area contributed by atoms with Gasteiger partial charge in [-0.2, -0.15) is 4.39 Å². The van der Waals surface area contributed by atoms with Crippen LogP contribution in [0.2, 0.25) is 0 Å². The molecule has 1 amide bonds. The molecule has 2 aromatic carbocycles. The highest BCUT2D eigenvalue weighted by Gasteiger charge is 2.15. The van der Waals surface area contributed by atoms with Crippen LogP contribution in [-0.4, -0.2) is 20.3 Å². The van der Waals surface area contributed by atoms with Gasteiger partial charge in [0.05, 0.1) is 5.69 Å². The van der Waals surface area contributed by atoms with Gasteiger partial charge in [0.1, 0.15) is 5.82 Å². The molecular weight excluding hydrogens is 402 g/mol. The Labute approximate surface area is 174 Å². The van der Waals surface area contributed by atoms with Crippen molar-refractivity contribution in [1.29, 1.82) is 0 Å². The van der Waals surface area contributed by atoms with Crippen LogP contribution in [0.5, 0.6) is 0 Å². The zero-order valence-corrected chi connectivity index (χ0v) is 15.9. The van der Waals surface area contributed by atoms with Crippen molar-refractivity contribution in [3.63, 3.8) is 0 Å². The molecule has 3 heterocycles. The van der Waals surface area contributed by atoms with Crippen LogP contribution in [0.3, 0.4) is 0 Å². The first-order valence-corrected chi connectivity index (χ1v) is 9.33. The molecule has 0 saturated carbocycles. The van der Waals surface area contributed by atoms with Gasteiger partial charge in [-0.15, -0.1) is 0 Å². The van der Waals surface area contributed by atoms with Gasteiger partial charge in [-0.05, 0) is 29.8 Å². The largest absolute Gasteiger partial charge is 0.426 e. The fourth-order valence-electron chi connectivity index (χ4n) is 3.22. The topological polar surface area (TPSA) is 72.4 Å². The number of aromatic nitrogens is 3. The van der Waals surface area contributed by atoms with Crippen molar-refractivity contribution in [3.05, 3.63) is 96.8 Å². The lowest BCUT2D eigenvalue weighted by molar-refractivity contribution is 0.0988. The van der Waals surface area contributed by atoms with Crippen LogP contribution in [0.15, 0.2) is 83.7 Å². The number of imidazole rings is 1. The molecule has 0 bridgehead atoms. The highest BCUT2D eigenvalue weighted by atomic mass is 19.1. The molecule has 3 aromatic heterocycles. The van der Waals surface area contributed by atoms with Gasteiger partial charge >= 0.3 is 0 Å². The van der Waals surface area contributed by atoms with Crippen LogP contribution in [0.25, 0.3) is 28.2 Å². The monoisotopic (exact) mass is 416 g/mol. The van der Waals surface area contributed by atoms with Crippen molar-refractivity contribution in [2.45, 2.75) is 0 Å². The maximum Gasteiger partial charge on any atom is 0.291 e. The molecule has 0 atom stereocenters. The van der Waals surface area contributed by atoms with Gasteiger partial charge in [0, 0.05) is 41.5 Å². The molecule has 0 radical (unpaired) electrons. The van der Waals surface area contributed by atoms with E-state index in [9.17, 15) is 13.6 Å². The number of nitrogens with one attached hydrogen (secondary N) is 1. The number of nitrogens with zero attached hydrogens (tertiary/aromatic N) is 3. The van der Waals surface area contributed by atoms with Crippen molar-refractivity contribution < 1.29 is 18.0 Å². The van der Waals surface area contributed by atoms with Crippen molar-refractivity contribution >= 4 is 17.4 Å². The quantitative estimate of drug-likeness (QED) is 0.438. The fourth-order valence-corrected chi connectivity index (χ4v) is 3.22. The van der Waals surface area contributed by atoms with Crippen molar-refractivity contribution in [1.82, 2.24) is 14.4 Å². The highest BCUT2D eigenvalue weighted by Crippen LogP contribution is 2.27. The summed E-state index contributed by atoms with van der Waals surface area (Å²) in [6, 6.07) is 15.2. The van der Waals surface area contributed by atoms with Gasteiger partial charge in [0.2, 0.25) is 5.78 Å². The van der Waals surface area contributed by atoms with Crippen LogP contribution >= 0.6 is 0 Å². The lowest BCUT2D eigenvalue weighted by Gasteiger charge is -2.06. The third-order valence-corrected chi connectivity index (χ3v) is 4.71. The molecule has 6 nitrogen and oxygen atoms in total. The zero-order chi connectivity index (χ0) is 21.4. The number of carbonyl (C=O) groups excluding carboxylic acids is 1. The van der Waals surface area contributed by atoms with E-state index >= 15 is 0 Å². The summed E-state index contributed by atoms with van der Waals surface area (Å²) < 4.78 is 33.9. The number of rotatable bonds is 4. The van der Waals surface area contributed by atoms with E-state index in [4.69, 9.17) is 0 Å². The summed E-state index contributed by atoms with van der Waals surface area (Å²) in [4.78, 5) is 20.9. The minimum atomic E-state index is -0.864. The number of fused-ring (bicyclic) bond motifs is 1.